The summed E-state index contributed by atoms with van der Waals surface area (Å²) in [5.74, 6) is 1.72. The van der Waals surface area contributed by atoms with Crippen LogP contribution in [0.5, 0.6) is 11.5 Å². The highest BCUT2D eigenvalue weighted by Crippen LogP contribution is 2.31. The molecular formula is C18H21NO3S. The average molecular weight is 331 g/mol. The van der Waals surface area contributed by atoms with E-state index in [1.54, 1.807) is 6.07 Å². The Morgan fingerprint density at radius 3 is 2.57 bits per heavy atom. The lowest BCUT2D eigenvalue weighted by Crippen LogP contribution is -2.05. The predicted octanol–water partition coefficient (Wildman–Crippen LogP) is 3.77. The van der Waals surface area contributed by atoms with Crippen molar-refractivity contribution in [1.82, 2.24) is 0 Å². The van der Waals surface area contributed by atoms with Gasteiger partial charge in [-0.05, 0) is 41.8 Å². The quantitative estimate of drug-likeness (QED) is 0.480. The third-order valence-corrected chi connectivity index (χ3v) is 3.90. The molecule has 0 unspecified atom stereocenters. The van der Waals surface area contributed by atoms with E-state index in [2.05, 4.69) is 19.6 Å². The van der Waals surface area contributed by atoms with Gasteiger partial charge in [-0.1, -0.05) is 19.1 Å². The molecule has 0 radical (unpaired) electrons. The van der Waals surface area contributed by atoms with Crippen LogP contribution >= 0.6 is 12.6 Å². The van der Waals surface area contributed by atoms with Crippen molar-refractivity contribution >= 4 is 24.3 Å². The Labute approximate surface area is 142 Å². The number of benzene rings is 2. The van der Waals surface area contributed by atoms with Crippen LogP contribution in [0.15, 0.2) is 36.4 Å². The smallest absolute Gasteiger partial charge is 0.309 e. The van der Waals surface area contributed by atoms with Gasteiger partial charge in [-0.25, -0.2) is 0 Å². The number of nitrogen functional groups attached to an aromatic ring is 1. The molecule has 0 heterocycles. The van der Waals surface area contributed by atoms with Gasteiger partial charge in [-0.15, -0.1) is 0 Å². The van der Waals surface area contributed by atoms with Gasteiger partial charge in [-0.2, -0.15) is 12.6 Å². The zero-order valence-corrected chi connectivity index (χ0v) is 14.2. The van der Waals surface area contributed by atoms with Gasteiger partial charge in [0.2, 0.25) is 0 Å². The number of esters is 1. The molecule has 0 aliphatic heterocycles. The number of anilines is 1. The number of methoxy groups -OCH3 is 1. The minimum Gasteiger partial charge on any atom is -0.469 e. The van der Waals surface area contributed by atoms with Crippen molar-refractivity contribution in [1.29, 1.82) is 0 Å². The highest BCUT2D eigenvalue weighted by Gasteiger charge is 2.11. The van der Waals surface area contributed by atoms with Gasteiger partial charge in [0, 0.05) is 17.0 Å². The Kier molecular flexibility index (Phi) is 5.93. The average Bonchev–Trinajstić information content (AvgIpc) is 2.56. The van der Waals surface area contributed by atoms with Crippen LogP contribution in [0, 0.1) is 0 Å². The number of rotatable bonds is 6. The van der Waals surface area contributed by atoms with E-state index in [0.29, 0.717) is 11.4 Å². The molecule has 0 atom stereocenters. The number of hydrogen-bond donors (Lipinski definition) is 2. The van der Waals surface area contributed by atoms with Crippen molar-refractivity contribution in [2.75, 3.05) is 12.8 Å². The van der Waals surface area contributed by atoms with Gasteiger partial charge in [0.25, 0.3) is 0 Å². The van der Waals surface area contributed by atoms with Gasteiger partial charge in [0.1, 0.15) is 11.5 Å². The maximum Gasteiger partial charge on any atom is 0.309 e. The number of carbonyl (C=O) groups is 1. The number of thiol groups is 1. The summed E-state index contributed by atoms with van der Waals surface area (Å²) in [6.07, 6.45) is 1.05. The standard InChI is InChI=1S/C18H21NO3S/c1-3-13-5-4-12(9-18(20)21-2)8-17(13)22-16-7-6-15(19)10-14(16)11-23/h4-8,10,23H,3,9,11,19H2,1-2H3. The zero-order chi connectivity index (χ0) is 16.8. The normalized spacial score (nSPS) is 10.4. The molecular weight excluding hydrogens is 310 g/mol. The molecule has 0 aromatic heterocycles. The molecule has 0 amide bonds. The fraction of sp³-hybridized carbons (Fsp3) is 0.278. The Morgan fingerprint density at radius 2 is 1.91 bits per heavy atom. The number of aryl methyl sites for hydroxylation is 1. The van der Waals surface area contributed by atoms with E-state index >= 15 is 0 Å². The molecule has 122 valence electrons. The molecule has 0 bridgehead atoms. The third kappa shape index (κ3) is 4.42. The van der Waals surface area contributed by atoms with Crippen molar-refractivity contribution in [2.24, 2.45) is 0 Å². The molecule has 4 nitrogen and oxygen atoms in total. The van der Waals surface area contributed by atoms with Crippen LogP contribution in [0.3, 0.4) is 0 Å². The van der Waals surface area contributed by atoms with Gasteiger partial charge >= 0.3 is 5.97 Å². The van der Waals surface area contributed by atoms with Crippen LogP contribution in [-0.2, 0) is 28.1 Å². The second kappa shape index (κ2) is 7.92. The maximum atomic E-state index is 11.5. The molecule has 2 aromatic carbocycles. The van der Waals surface area contributed by atoms with Gasteiger partial charge in [0.15, 0.2) is 0 Å². The Balaban J connectivity index is 2.34. The van der Waals surface area contributed by atoms with Crippen LogP contribution in [0.2, 0.25) is 0 Å². The van der Waals surface area contributed by atoms with Crippen molar-refractivity contribution in [3.05, 3.63) is 53.1 Å². The topological polar surface area (TPSA) is 61.5 Å². The monoisotopic (exact) mass is 331 g/mol. The minimum absolute atomic E-state index is 0.220. The van der Waals surface area contributed by atoms with Crippen molar-refractivity contribution in [3.63, 3.8) is 0 Å². The molecule has 0 fully saturated rings. The molecule has 23 heavy (non-hydrogen) atoms. The van der Waals surface area contributed by atoms with Crippen LogP contribution < -0.4 is 10.5 Å². The second-order valence-corrected chi connectivity index (χ2v) is 5.49. The molecule has 0 aliphatic carbocycles. The summed E-state index contributed by atoms with van der Waals surface area (Å²) < 4.78 is 10.8. The van der Waals surface area contributed by atoms with Gasteiger partial charge in [-0.3, -0.25) is 4.79 Å². The Morgan fingerprint density at radius 1 is 1.13 bits per heavy atom. The first-order valence-corrected chi connectivity index (χ1v) is 8.06. The lowest BCUT2D eigenvalue weighted by Gasteiger charge is -2.14. The summed E-state index contributed by atoms with van der Waals surface area (Å²) in [6, 6.07) is 11.3. The first-order chi connectivity index (χ1) is 11.1. The first kappa shape index (κ1) is 17.2. The molecule has 0 saturated heterocycles. The van der Waals surface area contributed by atoms with Gasteiger partial charge in [0.05, 0.1) is 13.5 Å². The summed E-state index contributed by atoms with van der Waals surface area (Å²) in [5.41, 5.74) is 9.33. The van der Waals surface area contributed by atoms with Crippen LogP contribution in [0.25, 0.3) is 0 Å². The summed E-state index contributed by atoms with van der Waals surface area (Å²) in [7, 11) is 1.38. The van der Waals surface area contributed by atoms with E-state index in [1.807, 2.05) is 30.3 Å². The fourth-order valence-electron chi connectivity index (χ4n) is 2.28. The van der Waals surface area contributed by atoms with Crippen molar-refractivity contribution in [3.8, 4) is 11.5 Å². The first-order valence-electron chi connectivity index (χ1n) is 7.43. The van der Waals surface area contributed by atoms with E-state index in [0.717, 1.165) is 34.6 Å². The predicted molar refractivity (Wildman–Crippen MR) is 95.2 cm³/mol. The van der Waals surface area contributed by atoms with Crippen LogP contribution in [0.1, 0.15) is 23.6 Å². The lowest BCUT2D eigenvalue weighted by molar-refractivity contribution is -0.139. The highest BCUT2D eigenvalue weighted by atomic mass is 32.1. The number of carbonyl (C=O) groups excluding carboxylic acids is 1. The molecule has 2 N–H and O–H groups in total. The Hall–Kier alpha value is -2.14. The fourth-order valence-corrected chi connectivity index (χ4v) is 2.52. The number of hydrogen-bond acceptors (Lipinski definition) is 5. The SMILES string of the molecule is CCc1ccc(CC(=O)OC)cc1Oc1ccc(N)cc1CS. The van der Waals surface area contributed by atoms with Crippen LogP contribution in [0.4, 0.5) is 5.69 Å². The maximum absolute atomic E-state index is 11.5. The van der Waals surface area contributed by atoms with Crippen molar-refractivity contribution in [2.45, 2.75) is 25.5 Å². The summed E-state index contributed by atoms with van der Waals surface area (Å²) in [4.78, 5) is 11.5. The van der Waals surface area contributed by atoms with Crippen LogP contribution in [-0.4, -0.2) is 13.1 Å². The lowest BCUT2D eigenvalue weighted by atomic mass is 10.1. The highest BCUT2D eigenvalue weighted by molar-refractivity contribution is 7.79. The summed E-state index contributed by atoms with van der Waals surface area (Å²) >= 11 is 4.32. The van der Waals surface area contributed by atoms with E-state index in [-0.39, 0.29) is 12.4 Å². The Bertz CT molecular complexity index is 701. The van der Waals surface area contributed by atoms with E-state index in [1.165, 1.54) is 7.11 Å². The van der Waals surface area contributed by atoms with Gasteiger partial charge < -0.3 is 15.2 Å². The zero-order valence-electron chi connectivity index (χ0n) is 13.3. The summed E-state index contributed by atoms with van der Waals surface area (Å²) in [5, 5.41) is 0. The number of ether oxygens (including phenoxy) is 2. The van der Waals surface area contributed by atoms with E-state index in [4.69, 9.17) is 15.2 Å². The molecule has 2 aromatic rings. The second-order valence-electron chi connectivity index (χ2n) is 5.18. The largest absolute Gasteiger partial charge is 0.469 e. The molecule has 0 aliphatic rings. The van der Waals surface area contributed by atoms with E-state index < -0.39 is 0 Å². The molecule has 2 rings (SSSR count). The molecule has 5 heteroatoms. The minimum atomic E-state index is -0.274. The molecule has 0 spiro atoms. The summed E-state index contributed by atoms with van der Waals surface area (Å²) in [6.45, 7) is 2.06. The number of nitrogens with two attached hydrogens (primary N) is 1. The van der Waals surface area contributed by atoms with Crippen molar-refractivity contribution < 1.29 is 14.3 Å². The molecule has 0 saturated carbocycles. The third-order valence-electron chi connectivity index (χ3n) is 3.56. The van der Waals surface area contributed by atoms with E-state index in [9.17, 15) is 4.79 Å².